The number of hydrogen-bond donors (Lipinski definition) is 0. The molecule has 2 heterocycles. The molecule has 2 aromatic heterocycles. The highest BCUT2D eigenvalue weighted by Gasteiger charge is 2.18. The number of para-hydroxylation sites is 2. The molecular weight excluding hydrogens is 424 g/mol. The number of hydrogen-bond acceptors (Lipinski definition) is 1. The average molecular weight is 437 g/mol. The van der Waals surface area contributed by atoms with Crippen molar-refractivity contribution in [3.63, 3.8) is 0 Å². The fourth-order valence-electron chi connectivity index (χ4n) is 4.27. The van der Waals surface area contributed by atoms with Crippen LogP contribution in [0.15, 0.2) is 87.8 Å². The van der Waals surface area contributed by atoms with Gasteiger partial charge in [0.05, 0.1) is 23.0 Å². The number of aromatic nitrogens is 1. The fraction of sp³-hybridized carbons (Fsp3) is 0. The largest absolute Gasteiger partial charge is 0.455 e. The van der Waals surface area contributed by atoms with E-state index in [1.807, 2.05) is 42.5 Å². The first-order valence-electron chi connectivity index (χ1n) is 9.26. The summed E-state index contributed by atoms with van der Waals surface area (Å²) < 4.78 is 9.41. The van der Waals surface area contributed by atoms with Crippen LogP contribution in [0.25, 0.3) is 54.3 Å². The molecule has 0 bridgehead atoms. The van der Waals surface area contributed by atoms with Crippen LogP contribution in [-0.2, 0) is 0 Å². The molecule has 0 aliphatic carbocycles. The summed E-state index contributed by atoms with van der Waals surface area (Å²) in [7, 11) is 0. The number of halogens is 1. The highest BCUT2D eigenvalue weighted by atomic mass is 79.9. The summed E-state index contributed by atoms with van der Waals surface area (Å²) in [6, 6.07) is 26.6. The van der Waals surface area contributed by atoms with Crippen molar-refractivity contribution in [1.29, 1.82) is 0 Å². The number of nitrogens with zero attached hydrogens (tertiary/aromatic N) is 2. The van der Waals surface area contributed by atoms with Crippen molar-refractivity contribution in [3.05, 3.63) is 94.8 Å². The second kappa shape index (κ2) is 5.97. The standard InChI is InChI=1S/C25H13BrN2O/c1-27-16-12-15(26)13-17(14-16)28-21-8-4-2-7-20(21)24-22(28)11-10-19-18-6-3-5-9-23(18)29-25(19)24/h2-14H. The van der Waals surface area contributed by atoms with Gasteiger partial charge < -0.3 is 8.98 Å². The summed E-state index contributed by atoms with van der Waals surface area (Å²) in [6.07, 6.45) is 0. The van der Waals surface area contributed by atoms with E-state index in [-0.39, 0.29) is 0 Å². The normalized spacial score (nSPS) is 11.6. The lowest BCUT2D eigenvalue weighted by atomic mass is 10.1. The molecule has 4 heteroatoms. The fourth-order valence-corrected chi connectivity index (χ4v) is 4.73. The Kier molecular flexibility index (Phi) is 3.38. The van der Waals surface area contributed by atoms with Crippen LogP contribution >= 0.6 is 15.9 Å². The van der Waals surface area contributed by atoms with Crippen molar-refractivity contribution >= 4 is 65.4 Å². The van der Waals surface area contributed by atoms with Crippen LogP contribution in [0.1, 0.15) is 0 Å². The van der Waals surface area contributed by atoms with E-state index >= 15 is 0 Å². The number of rotatable bonds is 1. The first-order valence-corrected chi connectivity index (χ1v) is 10.1. The first kappa shape index (κ1) is 16.4. The molecule has 3 nitrogen and oxygen atoms in total. The van der Waals surface area contributed by atoms with Crippen LogP contribution in [0.2, 0.25) is 0 Å². The molecule has 0 unspecified atom stereocenters. The maximum atomic E-state index is 7.44. The quantitative estimate of drug-likeness (QED) is 0.239. The highest BCUT2D eigenvalue weighted by molar-refractivity contribution is 9.10. The molecule has 0 atom stereocenters. The van der Waals surface area contributed by atoms with E-state index in [4.69, 9.17) is 11.0 Å². The van der Waals surface area contributed by atoms with Gasteiger partial charge in [-0.25, -0.2) is 4.85 Å². The third kappa shape index (κ3) is 2.28. The van der Waals surface area contributed by atoms with E-state index in [0.717, 1.165) is 53.9 Å². The third-order valence-electron chi connectivity index (χ3n) is 5.43. The van der Waals surface area contributed by atoms with Gasteiger partial charge in [-0.2, -0.15) is 0 Å². The SMILES string of the molecule is [C-]#[N+]c1cc(Br)cc(-n2c3ccccc3c3c4oc5ccccc5c4ccc32)c1. The zero-order valence-electron chi connectivity index (χ0n) is 15.2. The van der Waals surface area contributed by atoms with E-state index in [0.29, 0.717) is 5.69 Å². The van der Waals surface area contributed by atoms with Gasteiger partial charge in [0.2, 0.25) is 0 Å². The predicted octanol–water partition coefficient (Wildman–Crippen LogP) is 8.00. The topological polar surface area (TPSA) is 22.4 Å². The Morgan fingerprint density at radius 2 is 1.59 bits per heavy atom. The molecule has 0 radical (unpaired) electrons. The summed E-state index contributed by atoms with van der Waals surface area (Å²) in [5, 5.41) is 4.47. The smallest absolute Gasteiger partial charge is 0.190 e. The summed E-state index contributed by atoms with van der Waals surface area (Å²) >= 11 is 3.56. The van der Waals surface area contributed by atoms with E-state index in [9.17, 15) is 0 Å². The van der Waals surface area contributed by atoms with Gasteiger partial charge in [0.1, 0.15) is 11.2 Å². The van der Waals surface area contributed by atoms with Crippen molar-refractivity contribution in [3.8, 4) is 5.69 Å². The Hall–Kier alpha value is -3.55. The number of benzene rings is 4. The maximum Gasteiger partial charge on any atom is 0.190 e. The Morgan fingerprint density at radius 1 is 0.793 bits per heavy atom. The summed E-state index contributed by atoms with van der Waals surface area (Å²) in [5.74, 6) is 0. The average Bonchev–Trinajstić information content (AvgIpc) is 3.28. The van der Waals surface area contributed by atoms with Crippen molar-refractivity contribution in [2.24, 2.45) is 0 Å². The van der Waals surface area contributed by atoms with Crippen molar-refractivity contribution in [2.75, 3.05) is 0 Å². The molecule has 6 rings (SSSR count). The van der Waals surface area contributed by atoms with Crippen LogP contribution < -0.4 is 0 Å². The van der Waals surface area contributed by atoms with Gasteiger partial charge >= 0.3 is 0 Å². The third-order valence-corrected chi connectivity index (χ3v) is 5.89. The monoisotopic (exact) mass is 436 g/mol. The summed E-state index contributed by atoms with van der Waals surface area (Å²) in [5.41, 5.74) is 5.50. The second-order valence-electron chi connectivity index (χ2n) is 7.07. The Labute approximate surface area is 174 Å². The van der Waals surface area contributed by atoms with Crippen LogP contribution in [0, 0.1) is 6.57 Å². The molecular formula is C25H13BrN2O. The lowest BCUT2D eigenvalue weighted by molar-refractivity contribution is 0.673. The number of furan rings is 1. The van der Waals surface area contributed by atoms with Gasteiger partial charge in [-0.05, 0) is 42.5 Å². The van der Waals surface area contributed by atoms with Crippen LogP contribution in [-0.4, -0.2) is 4.57 Å². The van der Waals surface area contributed by atoms with E-state index in [1.165, 1.54) is 0 Å². The molecule has 0 saturated carbocycles. The lowest BCUT2D eigenvalue weighted by Crippen LogP contribution is -1.93. The van der Waals surface area contributed by atoms with Gasteiger partial charge in [-0.1, -0.05) is 52.3 Å². The van der Waals surface area contributed by atoms with Crippen molar-refractivity contribution in [1.82, 2.24) is 4.57 Å². The van der Waals surface area contributed by atoms with Gasteiger partial charge in [-0.15, -0.1) is 0 Å². The lowest BCUT2D eigenvalue weighted by Gasteiger charge is -2.09. The minimum Gasteiger partial charge on any atom is -0.455 e. The Morgan fingerprint density at radius 3 is 2.45 bits per heavy atom. The van der Waals surface area contributed by atoms with Crippen molar-refractivity contribution in [2.45, 2.75) is 0 Å². The number of fused-ring (bicyclic) bond motifs is 7. The zero-order chi connectivity index (χ0) is 19.5. The molecule has 136 valence electrons. The van der Waals surface area contributed by atoms with Gasteiger partial charge in [0.15, 0.2) is 5.69 Å². The summed E-state index contributed by atoms with van der Waals surface area (Å²) in [4.78, 5) is 3.63. The molecule has 0 spiro atoms. The molecule has 0 aliphatic heterocycles. The molecule has 6 aromatic rings. The summed E-state index contributed by atoms with van der Waals surface area (Å²) in [6.45, 7) is 7.44. The van der Waals surface area contributed by atoms with Gasteiger partial charge in [0, 0.05) is 26.3 Å². The molecule has 0 N–H and O–H groups in total. The molecule has 0 saturated heterocycles. The van der Waals surface area contributed by atoms with E-state index in [2.05, 4.69) is 61.7 Å². The molecule has 4 aromatic carbocycles. The minimum absolute atomic E-state index is 0.602. The molecule has 0 amide bonds. The minimum atomic E-state index is 0.602. The zero-order valence-corrected chi connectivity index (χ0v) is 16.8. The van der Waals surface area contributed by atoms with Crippen LogP contribution in [0.3, 0.4) is 0 Å². The van der Waals surface area contributed by atoms with Crippen LogP contribution in [0.4, 0.5) is 5.69 Å². The van der Waals surface area contributed by atoms with Crippen molar-refractivity contribution < 1.29 is 4.42 Å². The van der Waals surface area contributed by atoms with E-state index in [1.54, 1.807) is 0 Å². The Balaban J connectivity index is 1.84. The van der Waals surface area contributed by atoms with E-state index < -0.39 is 0 Å². The van der Waals surface area contributed by atoms with Gasteiger partial charge in [0.25, 0.3) is 0 Å². The van der Waals surface area contributed by atoms with Gasteiger partial charge in [-0.3, -0.25) is 0 Å². The molecule has 29 heavy (non-hydrogen) atoms. The Bertz CT molecular complexity index is 1630. The van der Waals surface area contributed by atoms with Crippen LogP contribution in [0.5, 0.6) is 0 Å². The highest BCUT2D eigenvalue weighted by Crippen LogP contribution is 2.41. The molecule has 0 aliphatic rings. The molecule has 0 fully saturated rings. The predicted molar refractivity (Wildman–Crippen MR) is 122 cm³/mol. The first-order chi connectivity index (χ1) is 14.2. The second-order valence-corrected chi connectivity index (χ2v) is 7.98. The maximum absolute atomic E-state index is 7.44.